The SMILES string of the molecule is Nc1ncnc2c1ncn2[C@@H]1C[C@@H]2CO[PH](=O)O[C@@H]3C[C@@H](COP(=O)(O)OC[C@H]21)O[C@H]3n1cnc2c(=O)n3ccnc3[nH]c21. The smallest absolute Gasteiger partial charge is 0.382 e. The minimum absolute atomic E-state index is 0.0452. The van der Waals surface area contributed by atoms with Crippen LogP contribution in [0.4, 0.5) is 5.82 Å². The summed E-state index contributed by atoms with van der Waals surface area (Å²) in [6, 6.07) is -0.221. The summed E-state index contributed by atoms with van der Waals surface area (Å²) in [5, 5.41) is 0. The lowest BCUT2D eigenvalue weighted by Crippen LogP contribution is -2.43. The monoisotopic (exact) mass is 648 g/mol. The van der Waals surface area contributed by atoms with Crippen LogP contribution in [0.5, 0.6) is 0 Å². The van der Waals surface area contributed by atoms with Gasteiger partial charge in [0.25, 0.3) is 5.56 Å². The summed E-state index contributed by atoms with van der Waals surface area (Å²) in [7, 11) is -7.54. The molecule has 0 aromatic carbocycles. The van der Waals surface area contributed by atoms with Gasteiger partial charge in [-0.05, 0) is 12.3 Å². The molecular weight excluding hydrogens is 622 g/mol. The van der Waals surface area contributed by atoms with Gasteiger partial charge in [0.1, 0.15) is 23.6 Å². The fourth-order valence-electron chi connectivity index (χ4n) is 6.17. The Morgan fingerprint density at radius 1 is 1.05 bits per heavy atom. The van der Waals surface area contributed by atoms with E-state index in [1.165, 1.54) is 34.0 Å². The molecule has 1 saturated carbocycles. The Labute approximate surface area is 246 Å². The van der Waals surface area contributed by atoms with Crippen LogP contribution in [0.15, 0.2) is 36.2 Å². The van der Waals surface area contributed by atoms with Gasteiger partial charge in [0.05, 0.1) is 38.6 Å². The summed E-state index contributed by atoms with van der Waals surface area (Å²) in [6.07, 6.45) is 5.51. The van der Waals surface area contributed by atoms with Gasteiger partial charge in [0.2, 0.25) is 5.78 Å². The van der Waals surface area contributed by atoms with Crippen molar-refractivity contribution in [2.45, 2.75) is 37.3 Å². The first-order valence-electron chi connectivity index (χ1n) is 13.7. The molecule has 2 unspecified atom stereocenters. The normalized spacial score (nSPS) is 33.3. The molecule has 2 aliphatic heterocycles. The van der Waals surface area contributed by atoms with Crippen molar-refractivity contribution in [3.05, 3.63) is 41.7 Å². The highest BCUT2D eigenvalue weighted by Crippen LogP contribution is 2.52. The number of hydrogen-bond acceptors (Lipinski definition) is 14. The zero-order valence-electron chi connectivity index (χ0n) is 22.7. The van der Waals surface area contributed by atoms with Crippen LogP contribution in [0.3, 0.4) is 0 Å². The topological polar surface area (TPSA) is 238 Å². The third-order valence-electron chi connectivity index (χ3n) is 8.41. The van der Waals surface area contributed by atoms with Gasteiger partial charge in [-0.1, -0.05) is 0 Å². The first-order valence-corrected chi connectivity index (χ1v) is 16.4. The molecule has 8 rings (SSSR count). The standard InChI is InChI=1S/C23H26N10O9P2/c24-18-16-19(27-8-26-18)32(9-28-16)14-3-11-5-38-43(35)42-15-4-12(6-39-44(36,37)40-7-13(11)14)41-22(15)33-10-29-17-20(33)30-23-25-1-2-31(23)21(17)34/h1-2,8-15,22,43H,3-7H2,(H,25,30)(H,36,37)(H2,24,26,27)/t11-,12+,13-,14-,15-,22-/m1/s1. The van der Waals surface area contributed by atoms with Crippen LogP contribution in [-0.4, -0.2) is 80.4 Å². The molecular formula is C23H26N10O9P2. The van der Waals surface area contributed by atoms with E-state index in [9.17, 15) is 18.8 Å². The van der Waals surface area contributed by atoms with Crippen LogP contribution in [0.1, 0.15) is 25.1 Å². The van der Waals surface area contributed by atoms with E-state index in [-0.39, 0.29) is 61.0 Å². The number of rotatable bonds is 2. The average Bonchev–Trinajstić information content (AvgIpc) is 3.78. The third-order valence-corrected chi connectivity index (χ3v) is 10.3. The van der Waals surface area contributed by atoms with Crippen molar-refractivity contribution >= 4 is 50.0 Å². The summed E-state index contributed by atoms with van der Waals surface area (Å²) in [5.41, 5.74) is 6.95. The molecule has 232 valence electrons. The van der Waals surface area contributed by atoms with Gasteiger partial charge in [-0.25, -0.2) is 33.9 Å². The lowest BCUT2D eigenvalue weighted by atomic mass is 9.70. The Hall–Kier alpha value is -3.54. The van der Waals surface area contributed by atoms with Crippen molar-refractivity contribution in [3.63, 3.8) is 0 Å². The van der Waals surface area contributed by atoms with E-state index in [4.69, 9.17) is 28.6 Å². The number of anilines is 1. The number of H-pyrrole nitrogens is 1. The second-order valence-electron chi connectivity index (χ2n) is 10.9. The largest absolute Gasteiger partial charge is 0.472 e. The summed E-state index contributed by atoms with van der Waals surface area (Å²) in [6.45, 7) is -0.426. The summed E-state index contributed by atoms with van der Waals surface area (Å²) in [5.74, 6) is 0.000318. The molecule has 1 aliphatic carbocycles. The average molecular weight is 648 g/mol. The Balaban J connectivity index is 1.06. The Bertz CT molecular complexity index is 2030. The van der Waals surface area contributed by atoms with Crippen LogP contribution in [0.2, 0.25) is 0 Å². The summed E-state index contributed by atoms with van der Waals surface area (Å²) < 4.78 is 59.2. The quantitative estimate of drug-likeness (QED) is 0.228. The number of nitrogens with one attached hydrogen (secondary N) is 1. The van der Waals surface area contributed by atoms with Gasteiger partial charge < -0.3 is 34.0 Å². The minimum Gasteiger partial charge on any atom is -0.382 e. The van der Waals surface area contributed by atoms with Gasteiger partial charge >= 0.3 is 16.1 Å². The minimum atomic E-state index is -4.51. The molecule has 3 fully saturated rings. The molecule has 3 aliphatic rings. The second kappa shape index (κ2) is 10.5. The maximum absolute atomic E-state index is 13.1. The lowest BCUT2D eigenvalue weighted by molar-refractivity contribution is -0.0449. The van der Waals surface area contributed by atoms with E-state index >= 15 is 0 Å². The zero-order valence-corrected chi connectivity index (χ0v) is 24.6. The van der Waals surface area contributed by atoms with E-state index in [0.29, 0.717) is 29.0 Å². The molecule has 2 saturated heterocycles. The molecule has 8 atom stereocenters. The molecule has 5 aromatic rings. The van der Waals surface area contributed by atoms with Crippen molar-refractivity contribution in [1.82, 2.24) is 43.4 Å². The highest BCUT2D eigenvalue weighted by molar-refractivity contribution is 7.47. The lowest BCUT2D eigenvalue weighted by Gasteiger charge is -2.45. The van der Waals surface area contributed by atoms with Crippen molar-refractivity contribution in [2.24, 2.45) is 11.8 Å². The number of nitrogens with zero attached hydrogens (tertiary/aromatic N) is 8. The van der Waals surface area contributed by atoms with Crippen LogP contribution in [0.25, 0.3) is 28.1 Å². The van der Waals surface area contributed by atoms with Crippen molar-refractivity contribution in [3.8, 4) is 0 Å². The van der Waals surface area contributed by atoms with E-state index in [1.54, 1.807) is 6.33 Å². The van der Waals surface area contributed by atoms with E-state index in [1.807, 2.05) is 4.57 Å². The number of phosphoric acid groups is 1. The maximum Gasteiger partial charge on any atom is 0.472 e. The number of aromatic nitrogens is 9. The zero-order chi connectivity index (χ0) is 30.2. The number of nitrogen functional groups attached to an aromatic ring is 1. The molecule has 0 radical (unpaired) electrons. The first kappa shape index (κ1) is 28.0. The Kier molecular flexibility index (Phi) is 6.69. The number of ether oxygens (including phenoxy) is 1. The van der Waals surface area contributed by atoms with Crippen molar-refractivity contribution < 1.29 is 36.9 Å². The van der Waals surface area contributed by atoms with Crippen LogP contribution in [0, 0.1) is 11.8 Å². The number of aromatic amines is 1. The fraction of sp³-hybridized carbons (Fsp3) is 0.478. The number of phosphoric ester groups is 1. The molecule has 5 aromatic heterocycles. The molecule has 2 bridgehead atoms. The Morgan fingerprint density at radius 2 is 1.86 bits per heavy atom. The van der Waals surface area contributed by atoms with Gasteiger partial charge in [-0.3, -0.25) is 23.0 Å². The highest BCUT2D eigenvalue weighted by Gasteiger charge is 2.46. The van der Waals surface area contributed by atoms with Gasteiger partial charge in [0.15, 0.2) is 23.2 Å². The summed E-state index contributed by atoms with van der Waals surface area (Å²) in [4.78, 5) is 47.4. The number of fused-ring (bicyclic) bond motifs is 6. The molecule has 0 amide bonds. The summed E-state index contributed by atoms with van der Waals surface area (Å²) >= 11 is 0. The van der Waals surface area contributed by atoms with Crippen molar-refractivity contribution in [1.29, 1.82) is 0 Å². The third kappa shape index (κ3) is 4.67. The maximum atomic E-state index is 13.1. The number of imidazole rings is 3. The van der Waals surface area contributed by atoms with Gasteiger partial charge in [-0.15, -0.1) is 0 Å². The molecule has 44 heavy (non-hydrogen) atoms. The highest BCUT2D eigenvalue weighted by atomic mass is 31.2. The van der Waals surface area contributed by atoms with Gasteiger partial charge in [-0.2, -0.15) is 0 Å². The van der Waals surface area contributed by atoms with Gasteiger partial charge in [0, 0.05) is 30.8 Å². The molecule has 0 spiro atoms. The predicted octanol–water partition coefficient (Wildman–Crippen LogP) is 1.20. The molecule has 7 heterocycles. The van der Waals surface area contributed by atoms with Crippen LogP contribution < -0.4 is 11.3 Å². The van der Waals surface area contributed by atoms with Crippen LogP contribution >= 0.6 is 16.1 Å². The molecule has 21 heteroatoms. The second-order valence-corrected chi connectivity index (χ2v) is 13.3. The van der Waals surface area contributed by atoms with E-state index in [0.717, 1.165) is 0 Å². The first-order chi connectivity index (χ1) is 21.3. The van der Waals surface area contributed by atoms with Crippen molar-refractivity contribution in [2.75, 3.05) is 25.6 Å². The van der Waals surface area contributed by atoms with Crippen LogP contribution in [-0.2, 0) is 32.0 Å². The fourth-order valence-corrected chi connectivity index (χ4v) is 7.83. The number of hydrogen-bond donors (Lipinski definition) is 3. The number of nitrogens with two attached hydrogens (primary N) is 1. The van der Waals surface area contributed by atoms with E-state index in [2.05, 4.69) is 29.9 Å². The Morgan fingerprint density at radius 3 is 2.75 bits per heavy atom. The predicted molar refractivity (Wildman–Crippen MR) is 150 cm³/mol. The molecule has 19 nitrogen and oxygen atoms in total. The molecule has 4 N–H and O–H groups in total. The van der Waals surface area contributed by atoms with E-state index < -0.39 is 34.5 Å².